The van der Waals surface area contributed by atoms with Crippen LogP contribution in [0, 0.1) is 0 Å². The van der Waals surface area contributed by atoms with Crippen molar-refractivity contribution in [2.75, 3.05) is 13.2 Å². The molecule has 0 saturated carbocycles. The standard InChI is InChI=1S/C73H124O6/c1-4-7-10-13-16-19-22-25-27-29-31-33-35-36-38-39-41-43-45-48-51-54-57-60-63-66-72(75)78-69-70(68-77-71(74)65-62-59-56-53-50-47-24-21-18-15-12-9-6-3)79-73(76)67-64-61-58-55-52-49-46-44-42-40-37-34-32-30-28-26-23-20-17-14-11-8-5-2/h7,10,16,19,23,25-27,30-33,36,38,41,43,48,51,70H,4-6,8-9,11-15,17-18,20-22,24,28-29,34-35,37,39-40,42,44-47,49-50,52-69H2,1-3H3/b10-7-,19-16-,26-23-,27-25-,32-30-,33-31-,38-36-,43-41-,51-48-. The minimum Gasteiger partial charge on any atom is -0.462 e. The van der Waals surface area contributed by atoms with E-state index in [1.54, 1.807) is 0 Å². The van der Waals surface area contributed by atoms with Gasteiger partial charge < -0.3 is 14.2 Å². The summed E-state index contributed by atoms with van der Waals surface area (Å²) in [6, 6.07) is 0. The first-order valence-corrected chi connectivity index (χ1v) is 33.4. The molecule has 0 radical (unpaired) electrons. The molecule has 0 aromatic heterocycles. The van der Waals surface area contributed by atoms with Crippen LogP contribution in [0.4, 0.5) is 0 Å². The van der Waals surface area contributed by atoms with Gasteiger partial charge >= 0.3 is 17.9 Å². The van der Waals surface area contributed by atoms with Crippen LogP contribution in [0.5, 0.6) is 0 Å². The Balaban J connectivity index is 4.40. The summed E-state index contributed by atoms with van der Waals surface area (Å²) in [5, 5.41) is 0. The minimum absolute atomic E-state index is 0.0878. The molecule has 0 N–H and O–H groups in total. The van der Waals surface area contributed by atoms with Crippen molar-refractivity contribution in [1.29, 1.82) is 0 Å². The van der Waals surface area contributed by atoms with Gasteiger partial charge in [-0.3, -0.25) is 14.4 Å². The summed E-state index contributed by atoms with van der Waals surface area (Å²) in [7, 11) is 0. The number of carbonyl (C=O) groups is 3. The fourth-order valence-corrected chi connectivity index (χ4v) is 9.28. The second-order valence-corrected chi connectivity index (χ2v) is 22.0. The smallest absolute Gasteiger partial charge is 0.306 e. The van der Waals surface area contributed by atoms with Crippen LogP contribution in [-0.2, 0) is 28.6 Å². The molecule has 6 heteroatoms. The van der Waals surface area contributed by atoms with Crippen LogP contribution in [0.15, 0.2) is 109 Å². The van der Waals surface area contributed by atoms with Gasteiger partial charge in [0.05, 0.1) is 0 Å². The average Bonchev–Trinajstić information content (AvgIpc) is 3.45. The van der Waals surface area contributed by atoms with E-state index in [4.69, 9.17) is 14.2 Å². The van der Waals surface area contributed by atoms with Gasteiger partial charge in [0.25, 0.3) is 0 Å². The topological polar surface area (TPSA) is 78.9 Å². The molecule has 1 atom stereocenters. The lowest BCUT2D eigenvalue weighted by Gasteiger charge is -2.18. The second kappa shape index (κ2) is 66.6. The number of carbonyl (C=O) groups excluding carboxylic acids is 3. The first-order chi connectivity index (χ1) is 39.0. The van der Waals surface area contributed by atoms with E-state index in [0.717, 1.165) is 116 Å². The lowest BCUT2D eigenvalue weighted by molar-refractivity contribution is -0.167. The lowest BCUT2D eigenvalue weighted by atomic mass is 10.0. The van der Waals surface area contributed by atoms with Gasteiger partial charge in [0.2, 0.25) is 0 Å². The number of esters is 3. The maximum absolute atomic E-state index is 12.9. The molecule has 0 amide bonds. The summed E-state index contributed by atoms with van der Waals surface area (Å²) >= 11 is 0. The molecule has 0 aliphatic heterocycles. The Labute approximate surface area is 489 Å². The molecule has 6 nitrogen and oxygen atoms in total. The maximum atomic E-state index is 12.9. The molecule has 452 valence electrons. The predicted octanol–water partition coefficient (Wildman–Crippen LogP) is 23.0. The summed E-state index contributed by atoms with van der Waals surface area (Å²) in [5.41, 5.74) is 0. The third-order valence-electron chi connectivity index (χ3n) is 14.3. The Kier molecular flexibility index (Phi) is 63.3. The van der Waals surface area contributed by atoms with Crippen molar-refractivity contribution in [3.8, 4) is 0 Å². The van der Waals surface area contributed by atoms with Crippen molar-refractivity contribution in [3.63, 3.8) is 0 Å². The number of hydrogen-bond donors (Lipinski definition) is 0. The zero-order valence-corrected chi connectivity index (χ0v) is 51.9. The van der Waals surface area contributed by atoms with Crippen LogP contribution in [0.2, 0.25) is 0 Å². The quantitative estimate of drug-likeness (QED) is 0.0261. The highest BCUT2D eigenvalue weighted by molar-refractivity contribution is 5.71. The summed E-state index contributed by atoms with van der Waals surface area (Å²) in [6.07, 6.45) is 90.9. The molecular weight excluding hydrogens is 973 g/mol. The third kappa shape index (κ3) is 64.8. The summed E-state index contributed by atoms with van der Waals surface area (Å²) in [4.78, 5) is 38.4. The Morgan fingerprint density at radius 2 is 0.494 bits per heavy atom. The first kappa shape index (κ1) is 75.1. The molecule has 0 fully saturated rings. The first-order valence-electron chi connectivity index (χ1n) is 33.4. The van der Waals surface area contributed by atoms with Gasteiger partial charge in [-0.1, -0.05) is 297 Å². The van der Waals surface area contributed by atoms with E-state index in [2.05, 4.69) is 130 Å². The van der Waals surface area contributed by atoms with Crippen molar-refractivity contribution in [3.05, 3.63) is 109 Å². The van der Waals surface area contributed by atoms with Crippen molar-refractivity contribution in [2.45, 2.75) is 322 Å². The van der Waals surface area contributed by atoms with Crippen LogP contribution in [0.3, 0.4) is 0 Å². The summed E-state index contributed by atoms with van der Waals surface area (Å²) in [5.74, 6) is -0.914. The fraction of sp³-hybridized carbons (Fsp3) is 0.712. The van der Waals surface area contributed by atoms with Gasteiger partial charge in [-0.2, -0.15) is 0 Å². The van der Waals surface area contributed by atoms with E-state index in [0.29, 0.717) is 19.3 Å². The summed E-state index contributed by atoms with van der Waals surface area (Å²) in [6.45, 7) is 6.51. The Hall–Kier alpha value is -3.93. The molecule has 0 aliphatic carbocycles. The third-order valence-corrected chi connectivity index (χ3v) is 14.3. The number of unbranched alkanes of at least 4 members (excludes halogenated alkanes) is 31. The van der Waals surface area contributed by atoms with Crippen LogP contribution >= 0.6 is 0 Å². The van der Waals surface area contributed by atoms with Crippen molar-refractivity contribution >= 4 is 17.9 Å². The van der Waals surface area contributed by atoms with Gasteiger partial charge in [0.1, 0.15) is 13.2 Å². The fourth-order valence-electron chi connectivity index (χ4n) is 9.28. The number of hydrogen-bond acceptors (Lipinski definition) is 6. The van der Waals surface area contributed by atoms with Crippen LogP contribution in [0.1, 0.15) is 316 Å². The van der Waals surface area contributed by atoms with Gasteiger partial charge in [-0.05, 0) is 109 Å². The van der Waals surface area contributed by atoms with Gasteiger partial charge in [-0.15, -0.1) is 0 Å². The van der Waals surface area contributed by atoms with Crippen LogP contribution < -0.4 is 0 Å². The monoisotopic (exact) mass is 1100 g/mol. The molecule has 0 aromatic rings. The van der Waals surface area contributed by atoms with Crippen molar-refractivity contribution in [1.82, 2.24) is 0 Å². The van der Waals surface area contributed by atoms with Gasteiger partial charge in [0.15, 0.2) is 6.10 Å². The number of ether oxygens (including phenoxy) is 3. The van der Waals surface area contributed by atoms with Crippen LogP contribution in [-0.4, -0.2) is 37.2 Å². The van der Waals surface area contributed by atoms with E-state index >= 15 is 0 Å². The molecular formula is C73H124O6. The lowest BCUT2D eigenvalue weighted by Crippen LogP contribution is -2.30. The molecule has 0 spiro atoms. The molecule has 0 aromatic carbocycles. The molecule has 79 heavy (non-hydrogen) atoms. The molecule has 0 rings (SSSR count). The molecule has 0 heterocycles. The van der Waals surface area contributed by atoms with Crippen molar-refractivity contribution < 1.29 is 28.6 Å². The number of rotatable bonds is 60. The van der Waals surface area contributed by atoms with E-state index in [9.17, 15) is 14.4 Å². The van der Waals surface area contributed by atoms with Crippen LogP contribution in [0.25, 0.3) is 0 Å². The predicted molar refractivity (Wildman–Crippen MR) is 343 cm³/mol. The van der Waals surface area contributed by atoms with Crippen molar-refractivity contribution in [2.24, 2.45) is 0 Å². The van der Waals surface area contributed by atoms with E-state index in [-0.39, 0.29) is 31.1 Å². The Morgan fingerprint density at radius 3 is 0.785 bits per heavy atom. The second-order valence-electron chi connectivity index (χ2n) is 22.0. The SMILES string of the molecule is CC/C=C\C/C=C\C/C=C\C/C=C\C/C=C\C/C=C\C/C=C\CCCCCC(=O)OCC(COC(=O)CCCCCCCCCCCCCCC)OC(=O)CCCCCCCCCCCCC/C=C\C/C=C\CCCCCCC. The minimum atomic E-state index is -0.795. The van der Waals surface area contributed by atoms with Gasteiger partial charge in [0, 0.05) is 19.3 Å². The highest BCUT2D eigenvalue weighted by atomic mass is 16.6. The zero-order valence-electron chi connectivity index (χ0n) is 51.9. The molecule has 0 aliphatic rings. The van der Waals surface area contributed by atoms with Gasteiger partial charge in [-0.25, -0.2) is 0 Å². The Bertz CT molecular complexity index is 1590. The maximum Gasteiger partial charge on any atom is 0.306 e. The normalized spacial score (nSPS) is 12.8. The van der Waals surface area contributed by atoms with E-state index < -0.39 is 6.10 Å². The molecule has 0 saturated heterocycles. The average molecular weight is 1100 g/mol. The molecule has 1 unspecified atom stereocenters. The molecule has 0 bridgehead atoms. The largest absolute Gasteiger partial charge is 0.462 e. The number of allylic oxidation sites excluding steroid dienone is 18. The highest BCUT2D eigenvalue weighted by Crippen LogP contribution is 2.16. The Morgan fingerprint density at radius 1 is 0.266 bits per heavy atom. The zero-order chi connectivity index (χ0) is 57.1. The highest BCUT2D eigenvalue weighted by Gasteiger charge is 2.19. The van der Waals surface area contributed by atoms with E-state index in [1.807, 2.05) is 0 Å². The summed E-state index contributed by atoms with van der Waals surface area (Å²) < 4.78 is 16.9. The van der Waals surface area contributed by atoms with E-state index in [1.165, 1.54) is 161 Å².